The van der Waals surface area contributed by atoms with Gasteiger partial charge in [-0.25, -0.2) is 4.98 Å². The number of fused-ring (bicyclic) bond motifs is 1. The summed E-state index contributed by atoms with van der Waals surface area (Å²) in [5.74, 6) is -0.375. The standard InChI is InChI=1S/C17H20N2O3S/c20-13(15-18-11-4-1-2-5-12(11)23-15)14(21)16(22)19-9-8-17(10-19)6-3-7-17/h1-2,4-5,13-14,20-21H,3,6-10H2/t13-,14+/m0/s1. The van der Waals surface area contributed by atoms with Crippen molar-refractivity contribution in [2.45, 2.75) is 37.9 Å². The van der Waals surface area contributed by atoms with Crippen LogP contribution in [0.4, 0.5) is 0 Å². The van der Waals surface area contributed by atoms with E-state index in [0.717, 1.165) is 23.2 Å². The van der Waals surface area contributed by atoms with Crippen molar-refractivity contribution >= 4 is 27.5 Å². The number of carbonyl (C=O) groups excluding carboxylic acids is 1. The molecule has 6 heteroatoms. The van der Waals surface area contributed by atoms with Gasteiger partial charge in [-0.2, -0.15) is 0 Å². The molecule has 0 bridgehead atoms. The van der Waals surface area contributed by atoms with E-state index in [1.165, 1.54) is 30.6 Å². The van der Waals surface area contributed by atoms with Crippen molar-refractivity contribution in [1.29, 1.82) is 0 Å². The van der Waals surface area contributed by atoms with E-state index in [1.54, 1.807) is 4.90 Å². The van der Waals surface area contributed by atoms with Crippen LogP contribution in [0.2, 0.25) is 0 Å². The quantitative estimate of drug-likeness (QED) is 0.903. The molecule has 2 aliphatic rings. The van der Waals surface area contributed by atoms with Crippen LogP contribution in [0.1, 0.15) is 36.8 Å². The van der Waals surface area contributed by atoms with Crippen LogP contribution in [0.3, 0.4) is 0 Å². The van der Waals surface area contributed by atoms with Crippen LogP contribution in [0.25, 0.3) is 10.2 Å². The predicted octanol–water partition coefficient (Wildman–Crippen LogP) is 2.09. The van der Waals surface area contributed by atoms with Gasteiger partial charge in [-0.15, -0.1) is 11.3 Å². The van der Waals surface area contributed by atoms with Crippen LogP contribution in [0, 0.1) is 5.41 Å². The van der Waals surface area contributed by atoms with Crippen LogP contribution in [0.5, 0.6) is 0 Å². The van der Waals surface area contributed by atoms with Gasteiger partial charge in [-0.1, -0.05) is 18.6 Å². The molecule has 1 aromatic carbocycles. The molecule has 0 unspecified atom stereocenters. The first-order valence-electron chi connectivity index (χ1n) is 8.08. The molecule has 2 N–H and O–H groups in total. The Morgan fingerprint density at radius 1 is 1.26 bits per heavy atom. The summed E-state index contributed by atoms with van der Waals surface area (Å²) in [6, 6.07) is 7.55. The molecule has 0 radical (unpaired) electrons. The number of para-hydroxylation sites is 1. The number of aliphatic hydroxyl groups is 2. The number of hydrogen-bond acceptors (Lipinski definition) is 5. The van der Waals surface area contributed by atoms with Crippen molar-refractivity contribution in [2.75, 3.05) is 13.1 Å². The largest absolute Gasteiger partial charge is 0.383 e. The molecule has 23 heavy (non-hydrogen) atoms. The van der Waals surface area contributed by atoms with E-state index >= 15 is 0 Å². The number of nitrogens with zero attached hydrogens (tertiary/aromatic N) is 2. The molecule has 1 saturated heterocycles. The average molecular weight is 332 g/mol. The van der Waals surface area contributed by atoms with Gasteiger partial charge in [0.1, 0.15) is 11.1 Å². The van der Waals surface area contributed by atoms with Crippen molar-refractivity contribution < 1.29 is 15.0 Å². The minimum absolute atomic E-state index is 0.288. The van der Waals surface area contributed by atoms with Gasteiger partial charge in [0.25, 0.3) is 5.91 Å². The van der Waals surface area contributed by atoms with E-state index in [2.05, 4.69) is 4.98 Å². The Balaban J connectivity index is 1.49. The highest BCUT2D eigenvalue weighted by Crippen LogP contribution is 2.48. The first-order chi connectivity index (χ1) is 11.1. The fraction of sp³-hybridized carbons (Fsp3) is 0.529. The molecule has 1 aromatic heterocycles. The summed E-state index contributed by atoms with van der Waals surface area (Å²) in [7, 11) is 0. The third-order valence-corrected chi connectivity index (χ3v) is 6.39. The van der Waals surface area contributed by atoms with Gasteiger partial charge in [0, 0.05) is 13.1 Å². The SMILES string of the molecule is O=C([C@H](O)[C@H](O)c1nc2ccccc2s1)N1CCC2(CCC2)C1. The topological polar surface area (TPSA) is 73.7 Å². The van der Waals surface area contributed by atoms with E-state index < -0.39 is 12.2 Å². The lowest BCUT2D eigenvalue weighted by molar-refractivity contribution is -0.146. The predicted molar refractivity (Wildman–Crippen MR) is 88.1 cm³/mol. The Hall–Kier alpha value is -1.50. The number of amides is 1. The maximum absolute atomic E-state index is 12.5. The zero-order valence-corrected chi connectivity index (χ0v) is 13.6. The van der Waals surface area contributed by atoms with E-state index in [9.17, 15) is 15.0 Å². The van der Waals surface area contributed by atoms with Gasteiger partial charge in [0.05, 0.1) is 10.2 Å². The Bertz CT molecular complexity index is 707. The summed E-state index contributed by atoms with van der Waals surface area (Å²) >= 11 is 1.32. The molecular formula is C17H20N2O3S. The smallest absolute Gasteiger partial charge is 0.254 e. The number of benzene rings is 1. The number of rotatable bonds is 3. The lowest BCUT2D eigenvalue weighted by Crippen LogP contribution is -2.43. The second kappa shape index (κ2) is 5.54. The van der Waals surface area contributed by atoms with Crippen molar-refractivity contribution in [2.24, 2.45) is 5.41 Å². The molecule has 2 fully saturated rings. The van der Waals surface area contributed by atoms with Crippen molar-refractivity contribution in [3.05, 3.63) is 29.3 Å². The molecule has 1 amide bonds. The average Bonchev–Trinajstić information content (AvgIpc) is 3.16. The van der Waals surface area contributed by atoms with Crippen molar-refractivity contribution in [3.8, 4) is 0 Å². The van der Waals surface area contributed by atoms with E-state index in [-0.39, 0.29) is 11.3 Å². The fourth-order valence-corrected chi connectivity index (χ4v) is 4.67. The molecule has 2 aromatic rings. The molecule has 4 rings (SSSR count). The first-order valence-corrected chi connectivity index (χ1v) is 8.90. The van der Waals surface area contributed by atoms with E-state index in [0.29, 0.717) is 11.6 Å². The van der Waals surface area contributed by atoms with Crippen LogP contribution in [-0.4, -0.2) is 45.2 Å². The summed E-state index contributed by atoms with van der Waals surface area (Å²) in [5, 5.41) is 21.1. The van der Waals surface area contributed by atoms with Crippen molar-refractivity contribution in [3.63, 3.8) is 0 Å². The lowest BCUT2D eigenvalue weighted by atomic mass is 9.68. The third kappa shape index (κ3) is 2.55. The summed E-state index contributed by atoms with van der Waals surface area (Å²) in [6.45, 7) is 1.40. The van der Waals surface area contributed by atoms with Gasteiger partial charge in [-0.05, 0) is 36.8 Å². The molecular weight excluding hydrogens is 312 g/mol. The van der Waals surface area contributed by atoms with Gasteiger partial charge in [0.15, 0.2) is 6.10 Å². The van der Waals surface area contributed by atoms with Gasteiger partial charge in [0.2, 0.25) is 0 Å². The summed E-state index contributed by atoms with van der Waals surface area (Å²) < 4.78 is 0.941. The van der Waals surface area contributed by atoms with Crippen molar-refractivity contribution in [1.82, 2.24) is 9.88 Å². The molecule has 1 saturated carbocycles. The number of aliphatic hydroxyl groups excluding tert-OH is 2. The fourth-order valence-electron chi connectivity index (χ4n) is 3.68. The molecule has 1 aliphatic carbocycles. The molecule has 2 heterocycles. The third-order valence-electron chi connectivity index (χ3n) is 5.28. The molecule has 2 atom stereocenters. The normalized spacial score (nSPS) is 22.3. The van der Waals surface area contributed by atoms with Crippen LogP contribution < -0.4 is 0 Å². The number of thiazole rings is 1. The zero-order valence-electron chi connectivity index (χ0n) is 12.8. The first kappa shape index (κ1) is 15.1. The number of hydrogen-bond donors (Lipinski definition) is 2. The van der Waals surface area contributed by atoms with Gasteiger partial charge in [-0.3, -0.25) is 4.79 Å². The van der Waals surface area contributed by atoms with E-state index in [4.69, 9.17) is 0 Å². The van der Waals surface area contributed by atoms with Gasteiger partial charge >= 0.3 is 0 Å². The minimum Gasteiger partial charge on any atom is -0.383 e. The minimum atomic E-state index is -1.44. The number of carbonyl (C=O) groups is 1. The van der Waals surface area contributed by atoms with Crippen LogP contribution >= 0.6 is 11.3 Å². The monoisotopic (exact) mass is 332 g/mol. The van der Waals surface area contributed by atoms with Crippen LogP contribution in [0.15, 0.2) is 24.3 Å². The Morgan fingerprint density at radius 3 is 2.70 bits per heavy atom. The molecule has 122 valence electrons. The Kier molecular flexibility index (Phi) is 3.63. The second-order valence-electron chi connectivity index (χ2n) is 6.77. The zero-order chi connectivity index (χ0) is 16.0. The molecule has 1 aliphatic heterocycles. The summed E-state index contributed by atoms with van der Waals surface area (Å²) in [6.07, 6.45) is 1.89. The summed E-state index contributed by atoms with van der Waals surface area (Å²) in [5.41, 5.74) is 1.07. The maximum atomic E-state index is 12.5. The van der Waals surface area contributed by atoms with E-state index in [1.807, 2.05) is 24.3 Å². The second-order valence-corrected chi connectivity index (χ2v) is 7.84. The number of aromatic nitrogens is 1. The summed E-state index contributed by atoms with van der Waals surface area (Å²) in [4.78, 5) is 18.5. The maximum Gasteiger partial charge on any atom is 0.254 e. The highest BCUT2D eigenvalue weighted by atomic mass is 32.1. The molecule has 5 nitrogen and oxygen atoms in total. The molecule has 1 spiro atoms. The Morgan fingerprint density at radius 2 is 2.04 bits per heavy atom. The Labute approximate surface area is 138 Å². The highest BCUT2D eigenvalue weighted by Gasteiger charge is 2.45. The number of likely N-dealkylation sites (tertiary alicyclic amines) is 1. The lowest BCUT2D eigenvalue weighted by Gasteiger charge is -2.38. The van der Waals surface area contributed by atoms with Gasteiger partial charge < -0.3 is 15.1 Å². The van der Waals surface area contributed by atoms with Crippen LogP contribution in [-0.2, 0) is 4.79 Å². The highest BCUT2D eigenvalue weighted by molar-refractivity contribution is 7.18.